The van der Waals surface area contributed by atoms with Crippen molar-refractivity contribution in [2.75, 3.05) is 26.8 Å². The van der Waals surface area contributed by atoms with Gasteiger partial charge in [0.15, 0.2) is 0 Å². The number of amides is 2. The molecule has 3 aliphatic rings. The number of hydrogen-bond donors (Lipinski definition) is 0. The molecule has 4 rings (SSSR count). The van der Waals surface area contributed by atoms with Gasteiger partial charge in [0.05, 0.1) is 24.2 Å². The van der Waals surface area contributed by atoms with Crippen molar-refractivity contribution < 1.29 is 19.1 Å². The molecule has 3 atom stereocenters. The molecular formula is C22H31N3O4. The van der Waals surface area contributed by atoms with Gasteiger partial charge in [-0.1, -0.05) is 44.2 Å². The Bertz CT molecular complexity index is 743. The second kappa shape index (κ2) is 7.95. The van der Waals surface area contributed by atoms with Crippen LogP contribution in [0.25, 0.3) is 0 Å². The lowest BCUT2D eigenvalue weighted by atomic mass is 9.86. The quantitative estimate of drug-likeness (QED) is 0.658. The van der Waals surface area contributed by atoms with Crippen LogP contribution in [0.5, 0.6) is 0 Å². The number of methoxy groups -OCH3 is 1. The van der Waals surface area contributed by atoms with Crippen LogP contribution in [0.4, 0.5) is 4.79 Å². The molecule has 158 valence electrons. The average molecular weight is 402 g/mol. The maximum absolute atomic E-state index is 13.2. The van der Waals surface area contributed by atoms with Crippen LogP contribution in [0, 0.1) is 0 Å². The van der Waals surface area contributed by atoms with Gasteiger partial charge in [0.25, 0.3) is 5.91 Å². The number of β-lactam (4-membered cyclic amide) rings is 1. The highest BCUT2D eigenvalue weighted by Crippen LogP contribution is 2.39. The molecule has 0 aliphatic carbocycles. The van der Waals surface area contributed by atoms with E-state index in [2.05, 4.69) is 18.9 Å². The Morgan fingerprint density at radius 2 is 1.86 bits per heavy atom. The molecule has 3 fully saturated rings. The Hall–Kier alpha value is -2.12. The zero-order valence-corrected chi connectivity index (χ0v) is 17.5. The molecule has 3 aliphatic heterocycles. The molecule has 29 heavy (non-hydrogen) atoms. The Morgan fingerprint density at radius 3 is 2.48 bits per heavy atom. The van der Waals surface area contributed by atoms with Crippen molar-refractivity contribution in [1.29, 1.82) is 0 Å². The summed E-state index contributed by atoms with van der Waals surface area (Å²) in [6.07, 6.45) is 3.47. The summed E-state index contributed by atoms with van der Waals surface area (Å²) in [5.41, 5.74) is 0.750. The molecule has 0 aromatic heterocycles. The second-order valence-electron chi connectivity index (χ2n) is 8.14. The molecule has 0 spiro atoms. The smallest absolute Gasteiger partial charge is 0.411 e. The van der Waals surface area contributed by atoms with Crippen molar-refractivity contribution in [1.82, 2.24) is 14.9 Å². The third kappa shape index (κ3) is 3.20. The fraction of sp³-hybridized carbons (Fsp3) is 0.636. The molecule has 7 heteroatoms. The van der Waals surface area contributed by atoms with Crippen molar-refractivity contribution in [3.8, 4) is 0 Å². The SMILES string of the molecule is CCC(CC)(OC)[C@@H]1CCCN1N1C[C@@H](N2C(=O)OC[C@H]2c2ccccc2)C1=O. The van der Waals surface area contributed by atoms with Gasteiger partial charge in [-0.05, 0) is 31.2 Å². The lowest BCUT2D eigenvalue weighted by Gasteiger charge is -2.52. The van der Waals surface area contributed by atoms with E-state index in [1.54, 1.807) is 12.0 Å². The van der Waals surface area contributed by atoms with Crippen molar-refractivity contribution in [2.24, 2.45) is 0 Å². The number of carbonyl (C=O) groups is 2. The van der Waals surface area contributed by atoms with Crippen LogP contribution in [0.2, 0.25) is 0 Å². The van der Waals surface area contributed by atoms with Crippen molar-refractivity contribution in [3.63, 3.8) is 0 Å². The van der Waals surface area contributed by atoms with Crippen LogP contribution in [0.3, 0.4) is 0 Å². The highest BCUT2D eigenvalue weighted by Gasteiger charge is 2.54. The Labute approximate surface area is 172 Å². The van der Waals surface area contributed by atoms with Gasteiger partial charge in [0, 0.05) is 13.7 Å². The molecule has 0 radical (unpaired) electrons. The molecule has 0 saturated carbocycles. The molecular weight excluding hydrogens is 370 g/mol. The third-order valence-corrected chi connectivity index (χ3v) is 7.06. The van der Waals surface area contributed by atoms with Crippen molar-refractivity contribution >= 4 is 12.0 Å². The number of hydrazine groups is 1. The topological polar surface area (TPSA) is 62.3 Å². The van der Waals surface area contributed by atoms with E-state index < -0.39 is 12.1 Å². The van der Waals surface area contributed by atoms with E-state index in [9.17, 15) is 9.59 Å². The third-order valence-electron chi connectivity index (χ3n) is 7.06. The molecule has 0 N–H and O–H groups in total. The molecule has 2 amide bonds. The van der Waals surface area contributed by atoms with E-state index in [4.69, 9.17) is 9.47 Å². The zero-order valence-electron chi connectivity index (χ0n) is 17.5. The lowest BCUT2D eigenvalue weighted by Crippen LogP contribution is -2.71. The highest BCUT2D eigenvalue weighted by atomic mass is 16.6. The summed E-state index contributed by atoms with van der Waals surface area (Å²) in [4.78, 5) is 27.2. The fourth-order valence-electron chi connectivity index (χ4n) is 5.26. The Balaban J connectivity index is 1.50. The number of rotatable bonds is 7. The van der Waals surface area contributed by atoms with Gasteiger partial charge in [-0.2, -0.15) is 0 Å². The molecule has 0 bridgehead atoms. The largest absolute Gasteiger partial charge is 0.447 e. The Morgan fingerprint density at radius 1 is 1.14 bits per heavy atom. The fourth-order valence-corrected chi connectivity index (χ4v) is 5.26. The van der Waals surface area contributed by atoms with Crippen LogP contribution in [-0.4, -0.2) is 71.4 Å². The lowest BCUT2D eigenvalue weighted by molar-refractivity contribution is -0.193. The molecule has 3 saturated heterocycles. The number of hydrogen-bond acceptors (Lipinski definition) is 5. The summed E-state index contributed by atoms with van der Waals surface area (Å²) in [5, 5.41) is 4.02. The predicted molar refractivity (Wildman–Crippen MR) is 108 cm³/mol. The number of carbonyl (C=O) groups excluding carboxylic acids is 2. The van der Waals surface area contributed by atoms with Gasteiger partial charge in [0.2, 0.25) is 0 Å². The van der Waals surface area contributed by atoms with Crippen LogP contribution < -0.4 is 0 Å². The minimum absolute atomic E-state index is 0.0195. The first-order valence-electron chi connectivity index (χ1n) is 10.7. The number of cyclic esters (lactones) is 1. The van der Waals surface area contributed by atoms with Gasteiger partial charge in [-0.15, -0.1) is 0 Å². The minimum Gasteiger partial charge on any atom is -0.447 e. The van der Waals surface area contributed by atoms with Gasteiger partial charge >= 0.3 is 6.09 Å². The number of ether oxygens (including phenoxy) is 2. The summed E-state index contributed by atoms with van der Waals surface area (Å²) in [7, 11) is 1.77. The van der Waals surface area contributed by atoms with Crippen molar-refractivity contribution in [3.05, 3.63) is 35.9 Å². The Kier molecular flexibility index (Phi) is 5.53. The first-order valence-corrected chi connectivity index (χ1v) is 10.7. The summed E-state index contributed by atoms with van der Waals surface area (Å²) in [5.74, 6) is -0.0195. The summed E-state index contributed by atoms with van der Waals surface area (Å²) >= 11 is 0. The van der Waals surface area contributed by atoms with Crippen LogP contribution in [0.15, 0.2) is 30.3 Å². The zero-order chi connectivity index (χ0) is 20.6. The van der Waals surface area contributed by atoms with E-state index >= 15 is 0 Å². The maximum atomic E-state index is 13.2. The van der Waals surface area contributed by atoms with Crippen LogP contribution in [0.1, 0.15) is 51.1 Å². The first kappa shape index (κ1) is 20.2. The summed E-state index contributed by atoms with van der Waals surface area (Å²) < 4.78 is 11.3. The van der Waals surface area contributed by atoms with Gasteiger partial charge < -0.3 is 9.47 Å². The maximum Gasteiger partial charge on any atom is 0.411 e. The van der Waals surface area contributed by atoms with E-state index in [0.717, 1.165) is 37.8 Å². The van der Waals surface area contributed by atoms with Crippen molar-refractivity contribution in [2.45, 2.75) is 63.3 Å². The van der Waals surface area contributed by atoms with E-state index in [0.29, 0.717) is 6.54 Å². The number of benzene rings is 1. The average Bonchev–Trinajstić information content (AvgIpc) is 3.38. The molecule has 1 aromatic rings. The van der Waals surface area contributed by atoms with E-state index in [1.807, 2.05) is 35.3 Å². The summed E-state index contributed by atoms with van der Waals surface area (Å²) in [6, 6.07) is 9.30. The van der Waals surface area contributed by atoms with Crippen LogP contribution in [-0.2, 0) is 14.3 Å². The van der Waals surface area contributed by atoms with E-state index in [-0.39, 0.29) is 30.2 Å². The van der Waals surface area contributed by atoms with Gasteiger partial charge in [0.1, 0.15) is 12.6 Å². The molecule has 1 aromatic carbocycles. The van der Waals surface area contributed by atoms with E-state index in [1.165, 1.54) is 0 Å². The van der Waals surface area contributed by atoms with Gasteiger partial charge in [-0.25, -0.2) is 9.80 Å². The summed E-state index contributed by atoms with van der Waals surface area (Å²) in [6.45, 7) is 5.95. The second-order valence-corrected chi connectivity index (χ2v) is 8.14. The van der Waals surface area contributed by atoms with Crippen LogP contribution >= 0.6 is 0 Å². The normalized spacial score (nSPS) is 28.0. The van der Waals surface area contributed by atoms with Gasteiger partial charge in [-0.3, -0.25) is 14.7 Å². The first-order chi connectivity index (χ1) is 14.1. The molecule has 3 heterocycles. The highest BCUT2D eigenvalue weighted by molar-refractivity contribution is 5.91. The molecule has 7 nitrogen and oxygen atoms in total. The minimum atomic E-state index is -0.461. The standard InChI is InChI=1S/C22H31N3O4/c1-4-22(5-2,28-3)19-12-9-13-23(19)24-14-17(20(24)26)25-18(15-29-21(25)27)16-10-7-6-8-11-16/h6-8,10-11,17-19H,4-5,9,12-15H2,1-3H3/t17-,18+,19+/m1/s1. The monoisotopic (exact) mass is 401 g/mol. The number of nitrogens with zero attached hydrogens (tertiary/aromatic N) is 3. The molecule has 0 unspecified atom stereocenters. The predicted octanol–water partition coefficient (Wildman–Crippen LogP) is 2.98.